The lowest BCUT2D eigenvalue weighted by Crippen LogP contribution is -2.33. The van der Waals surface area contributed by atoms with Crippen LogP contribution in [-0.4, -0.2) is 5.91 Å². The predicted octanol–water partition coefficient (Wildman–Crippen LogP) is 1.17. The number of carbonyl (C=O) groups is 1. The monoisotopic (exact) mass is 178 g/mol. The molecule has 1 unspecified atom stereocenters. The van der Waals surface area contributed by atoms with Gasteiger partial charge in [-0.05, 0) is 5.56 Å². The third-order valence-electron chi connectivity index (χ3n) is 1.80. The highest BCUT2D eigenvalue weighted by Gasteiger charge is 2.06. The molecule has 1 rings (SSSR count). The zero-order valence-corrected chi connectivity index (χ0v) is 7.66. The van der Waals surface area contributed by atoms with Crippen LogP contribution in [0.2, 0.25) is 0 Å². The summed E-state index contributed by atoms with van der Waals surface area (Å²) in [7, 11) is 0. The average Bonchev–Trinajstić information content (AvgIpc) is 2.19. The summed E-state index contributed by atoms with van der Waals surface area (Å²) in [5.41, 5.74) is 6.66. The Kier molecular flexibility index (Phi) is 3.46. The van der Waals surface area contributed by atoms with E-state index in [0.717, 1.165) is 5.56 Å². The van der Waals surface area contributed by atoms with Crippen LogP contribution in [0.4, 0.5) is 0 Å². The van der Waals surface area contributed by atoms with Gasteiger partial charge in [0.05, 0.1) is 0 Å². The van der Waals surface area contributed by atoms with E-state index < -0.39 is 6.17 Å². The third-order valence-corrected chi connectivity index (χ3v) is 1.80. The molecule has 13 heavy (non-hydrogen) atoms. The Balaban J connectivity index is 2.59. The van der Waals surface area contributed by atoms with E-state index in [4.69, 9.17) is 5.73 Å². The van der Waals surface area contributed by atoms with Crippen LogP contribution in [0.15, 0.2) is 30.3 Å². The van der Waals surface area contributed by atoms with Gasteiger partial charge in [0, 0.05) is 6.42 Å². The molecule has 1 aromatic rings. The summed E-state index contributed by atoms with van der Waals surface area (Å²) in [6.45, 7) is 1.80. The first-order chi connectivity index (χ1) is 6.24. The van der Waals surface area contributed by atoms with Gasteiger partial charge in [0.2, 0.25) is 5.91 Å². The van der Waals surface area contributed by atoms with E-state index in [0.29, 0.717) is 6.42 Å². The number of nitrogens with two attached hydrogens (primary N) is 1. The highest BCUT2D eigenvalue weighted by Crippen LogP contribution is 2.05. The molecule has 1 aromatic carbocycles. The summed E-state index contributed by atoms with van der Waals surface area (Å²) in [5, 5.41) is 2.68. The van der Waals surface area contributed by atoms with Gasteiger partial charge in [-0.3, -0.25) is 4.79 Å². The molecule has 3 heteroatoms. The first-order valence-corrected chi connectivity index (χ1v) is 4.34. The lowest BCUT2D eigenvalue weighted by atomic mass is 10.2. The van der Waals surface area contributed by atoms with E-state index in [2.05, 4.69) is 5.32 Å². The quantitative estimate of drug-likeness (QED) is 0.683. The van der Waals surface area contributed by atoms with Crippen molar-refractivity contribution in [1.82, 2.24) is 5.32 Å². The van der Waals surface area contributed by atoms with Crippen molar-refractivity contribution in [2.24, 2.45) is 5.73 Å². The maximum absolute atomic E-state index is 11.0. The molecular weight excluding hydrogens is 164 g/mol. The summed E-state index contributed by atoms with van der Waals surface area (Å²) < 4.78 is 0. The zero-order valence-electron chi connectivity index (χ0n) is 7.66. The summed E-state index contributed by atoms with van der Waals surface area (Å²) in [6.07, 6.45) is 0.0641. The van der Waals surface area contributed by atoms with Crippen LogP contribution in [0, 0.1) is 0 Å². The first kappa shape index (κ1) is 9.74. The molecule has 0 radical (unpaired) electrons. The van der Waals surface area contributed by atoms with Crippen molar-refractivity contribution >= 4 is 5.91 Å². The molecule has 0 saturated carbocycles. The maximum Gasteiger partial charge on any atom is 0.221 e. The second-order valence-electron chi connectivity index (χ2n) is 2.81. The average molecular weight is 178 g/mol. The Morgan fingerprint density at radius 3 is 2.62 bits per heavy atom. The topological polar surface area (TPSA) is 55.1 Å². The minimum atomic E-state index is -0.395. The molecule has 3 nitrogen and oxygen atoms in total. The van der Waals surface area contributed by atoms with Crippen molar-refractivity contribution in [3.63, 3.8) is 0 Å². The molecule has 0 aliphatic carbocycles. The number of nitrogens with one attached hydrogen (secondary N) is 1. The highest BCUT2D eigenvalue weighted by atomic mass is 16.1. The molecule has 3 N–H and O–H groups in total. The number of rotatable bonds is 3. The van der Waals surface area contributed by atoms with E-state index in [-0.39, 0.29) is 5.91 Å². The normalized spacial score (nSPS) is 12.2. The van der Waals surface area contributed by atoms with Crippen LogP contribution in [0.5, 0.6) is 0 Å². The smallest absolute Gasteiger partial charge is 0.221 e. The van der Waals surface area contributed by atoms with Gasteiger partial charge >= 0.3 is 0 Å². The van der Waals surface area contributed by atoms with Crippen molar-refractivity contribution in [2.45, 2.75) is 19.5 Å². The van der Waals surface area contributed by atoms with E-state index in [1.165, 1.54) is 0 Å². The second kappa shape index (κ2) is 4.62. The zero-order chi connectivity index (χ0) is 9.68. The fourth-order valence-electron chi connectivity index (χ4n) is 1.02. The lowest BCUT2D eigenvalue weighted by molar-refractivity contribution is -0.121. The fourth-order valence-corrected chi connectivity index (χ4v) is 1.02. The van der Waals surface area contributed by atoms with Gasteiger partial charge in [-0.15, -0.1) is 0 Å². The molecule has 1 atom stereocenters. The van der Waals surface area contributed by atoms with Gasteiger partial charge in [-0.1, -0.05) is 37.3 Å². The van der Waals surface area contributed by atoms with Crippen LogP contribution >= 0.6 is 0 Å². The number of benzene rings is 1. The van der Waals surface area contributed by atoms with Gasteiger partial charge in [0.15, 0.2) is 0 Å². The molecule has 1 amide bonds. The van der Waals surface area contributed by atoms with Crippen molar-refractivity contribution in [2.75, 3.05) is 0 Å². The predicted molar refractivity (Wildman–Crippen MR) is 51.8 cm³/mol. The van der Waals surface area contributed by atoms with Crippen LogP contribution in [-0.2, 0) is 4.79 Å². The van der Waals surface area contributed by atoms with E-state index in [9.17, 15) is 4.79 Å². The SMILES string of the molecule is CCC(=O)NC(N)c1ccccc1. The number of amides is 1. The standard InChI is InChI=1S/C10H14N2O/c1-2-9(13)12-10(11)8-6-4-3-5-7-8/h3-7,10H,2,11H2,1H3,(H,12,13). The molecule has 0 aliphatic heterocycles. The first-order valence-electron chi connectivity index (χ1n) is 4.34. The van der Waals surface area contributed by atoms with E-state index >= 15 is 0 Å². The Labute approximate surface area is 77.9 Å². The molecular formula is C10H14N2O. The highest BCUT2D eigenvalue weighted by molar-refractivity contribution is 5.75. The van der Waals surface area contributed by atoms with Crippen molar-refractivity contribution in [1.29, 1.82) is 0 Å². The number of hydrogen-bond donors (Lipinski definition) is 2. The fraction of sp³-hybridized carbons (Fsp3) is 0.300. The second-order valence-corrected chi connectivity index (χ2v) is 2.81. The van der Waals surface area contributed by atoms with Gasteiger partial charge in [-0.2, -0.15) is 0 Å². The van der Waals surface area contributed by atoms with Crippen molar-refractivity contribution in [3.05, 3.63) is 35.9 Å². The molecule has 0 aliphatic rings. The number of carbonyl (C=O) groups excluding carboxylic acids is 1. The molecule has 0 saturated heterocycles. The molecule has 0 bridgehead atoms. The summed E-state index contributed by atoms with van der Waals surface area (Å²) in [5.74, 6) is -0.0312. The Bertz CT molecular complexity index is 272. The minimum Gasteiger partial charge on any atom is -0.337 e. The van der Waals surface area contributed by atoms with Gasteiger partial charge in [0.25, 0.3) is 0 Å². The molecule has 0 spiro atoms. The molecule has 0 fully saturated rings. The van der Waals surface area contributed by atoms with E-state index in [1.807, 2.05) is 30.3 Å². The minimum absolute atomic E-state index is 0.0312. The Morgan fingerprint density at radius 1 is 1.46 bits per heavy atom. The summed E-state index contributed by atoms with van der Waals surface area (Å²) in [4.78, 5) is 11.0. The Morgan fingerprint density at radius 2 is 2.08 bits per heavy atom. The maximum atomic E-state index is 11.0. The largest absolute Gasteiger partial charge is 0.337 e. The van der Waals surface area contributed by atoms with Crippen LogP contribution in [0.25, 0.3) is 0 Å². The molecule has 0 heterocycles. The van der Waals surface area contributed by atoms with Gasteiger partial charge in [0.1, 0.15) is 6.17 Å². The van der Waals surface area contributed by atoms with Crippen molar-refractivity contribution in [3.8, 4) is 0 Å². The van der Waals surface area contributed by atoms with Crippen molar-refractivity contribution < 1.29 is 4.79 Å². The summed E-state index contributed by atoms with van der Waals surface area (Å²) in [6, 6.07) is 9.49. The molecule has 70 valence electrons. The lowest BCUT2D eigenvalue weighted by Gasteiger charge is -2.12. The third kappa shape index (κ3) is 2.87. The van der Waals surface area contributed by atoms with Gasteiger partial charge < -0.3 is 11.1 Å². The van der Waals surface area contributed by atoms with Gasteiger partial charge in [-0.25, -0.2) is 0 Å². The van der Waals surface area contributed by atoms with Crippen LogP contribution in [0.1, 0.15) is 25.1 Å². The molecule has 0 aromatic heterocycles. The van der Waals surface area contributed by atoms with E-state index in [1.54, 1.807) is 6.92 Å². The summed E-state index contributed by atoms with van der Waals surface area (Å²) >= 11 is 0. The van der Waals surface area contributed by atoms with Crippen LogP contribution < -0.4 is 11.1 Å². The Hall–Kier alpha value is -1.35. The number of hydrogen-bond acceptors (Lipinski definition) is 2. The van der Waals surface area contributed by atoms with Crippen LogP contribution in [0.3, 0.4) is 0 Å².